The lowest BCUT2D eigenvalue weighted by Gasteiger charge is -2.29. The fourth-order valence-corrected chi connectivity index (χ4v) is 5.64. The van der Waals surface area contributed by atoms with Crippen LogP contribution in [0.1, 0.15) is 71.7 Å². The number of carbonyl (C=O) groups excluding carboxylic acids is 1. The first kappa shape index (κ1) is 28.6. The van der Waals surface area contributed by atoms with Crippen molar-refractivity contribution in [3.63, 3.8) is 0 Å². The molecule has 0 saturated heterocycles. The number of hydrogen-bond donors (Lipinski definition) is 4. The lowest BCUT2D eigenvalue weighted by Crippen LogP contribution is -2.44. The second-order valence-electron chi connectivity index (χ2n) is 10.4. The van der Waals surface area contributed by atoms with E-state index < -0.39 is 12.3 Å². The minimum atomic E-state index is -0.867. The van der Waals surface area contributed by atoms with E-state index in [1.807, 2.05) is 32.0 Å². The molecule has 1 saturated carbocycles. The maximum Gasteiger partial charge on any atom is 0.234 e. The molecule has 0 bridgehead atoms. The van der Waals surface area contributed by atoms with Gasteiger partial charge < -0.3 is 15.7 Å². The van der Waals surface area contributed by atoms with Crippen LogP contribution in [0.4, 0.5) is 0 Å². The zero-order valence-corrected chi connectivity index (χ0v) is 23.5. The minimum absolute atomic E-state index is 0.103. The van der Waals surface area contributed by atoms with Crippen LogP contribution in [0.2, 0.25) is 10.0 Å². The van der Waals surface area contributed by atoms with Gasteiger partial charge in [-0.05, 0) is 74.3 Å². The number of carbonyl (C=O) groups is 1. The quantitative estimate of drug-likeness (QED) is 0.220. The molecule has 0 aliphatic heterocycles. The van der Waals surface area contributed by atoms with Gasteiger partial charge in [0.1, 0.15) is 6.23 Å². The van der Waals surface area contributed by atoms with Gasteiger partial charge in [0.05, 0.1) is 22.6 Å². The van der Waals surface area contributed by atoms with Gasteiger partial charge >= 0.3 is 0 Å². The van der Waals surface area contributed by atoms with Crippen LogP contribution in [0.3, 0.4) is 0 Å². The molecule has 38 heavy (non-hydrogen) atoms. The lowest BCUT2D eigenvalue weighted by molar-refractivity contribution is -0.121. The zero-order valence-electron chi connectivity index (χ0n) is 22.0. The minimum Gasteiger partial charge on any atom is -0.374 e. The largest absolute Gasteiger partial charge is 0.374 e. The van der Waals surface area contributed by atoms with Crippen molar-refractivity contribution in [3.05, 3.63) is 105 Å². The Morgan fingerprint density at radius 3 is 2.24 bits per heavy atom. The Bertz CT molecular complexity index is 1190. The molecule has 0 radical (unpaired) electrons. The first-order valence-electron chi connectivity index (χ1n) is 13.3. The highest BCUT2D eigenvalue weighted by Crippen LogP contribution is 2.32. The summed E-state index contributed by atoms with van der Waals surface area (Å²) in [7, 11) is 0. The number of rotatable bonds is 10. The molecule has 3 aromatic carbocycles. The summed E-state index contributed by atoms with van der Waals surface area (Å²) in [5.41, 5.74) is 5.17. The third-order valence-corrected chi connectivity index (χ3v) is 8.04. The molecule has 4 rings (SSSR count). The number of nitrogens with one attached hydrogen (secondary N) is 3. The molecule has 0 heterocycles. The standard InChI is InChI=1S/C31H37Cl2N3O2/c1-20-14-21(2)16-25(15-20)31(38)35-18-29(24-10-13-27(32)28(33)17-24)36-30(37)19-34-26-11-8-23(9-12-26)22-6-4-3-5-7-22/h3-7,10,13-17,23,26,29,31,34-35,38H,8-9,11-12,18-19H2,1-2H3,(H,36,37). The topological polar surface area (TPSA) is 73.4 Å². The summed E-state index contributed by atoms with van der Waals surface area (Å²) < 4.78 is 0. The molecule has 2 unspecified atom stereocenters. The predicted molar refractivity (Wildman–Crippen MR) is 156 cm³/mol. The molecular weight excluding hydrogens is 517 g/mol. The average molecular weight is 555 g/mol. The number of amides is 1. The Labute approximate surface area is 235 Å². The van der Waals surface area contributed by atoms with Crippen molar-refractivity contribution in [1.82, 2.24) is 16.0 Å². The van der Waals surface area contributed by atoms with Gasteiger partial charge in [-0.2, -0.15) is 0 Å². The second-order valence-corrected chi connectivity index (χ2v) is 11.2. The molecule has 3 aromatic rings. The summed E-state index contributed by atoms with van der Waals surface area (Å²) in [5, 5.41) is 21.4. The zero-order chi connectivity index (χ0) is 27.1. The van der Waals surface area contributed by atoms with Crippen molar-refractivity contribution >= 4 is 29.1 Å². The van der Waals surface area contributed by atoms with E-state index in [0.717, 1.165) is 47.9 Å². The second kappa shape index (κ2) is 13.6. The molecule has 5 nitrogen and oxygen atoms in total. The molecule has 1 amide bonds. The highest BCUT2D eigenvalue weighted by atomic mass is 35.5. The van der Waals surface area contributed by atoms with Crippen LogP contribution in [0.15, 0.2) is 66.7 Å². The van der Waals surface area contributed by atoms with E-state index >= 15 is 0 Å². The van der Waals surface area contributed by atoms with E-state index in [0.29, 0.717) is 28.5 Å². The van der Waals surface area contributed by atoms with E-state index in [4.69, 9.17) is 23.2 Å². The Morgan fingerprint density at radius 2 is 1.58 bits per heavy atom. The van der Waals surface area contributed by atoms with Gasteiger partial charge in [-0.1, -0.05) is 88.9 Å². The summed E-state index contributed by atoms with van der Waals surface area (Å²) in [6, 6.07) is 21.9. The molecule has 202 valence electrons. The van der Waals surface area contributed by atoms with Crippen LogP contribution in [-0.4, -0.2) is 30.1 Å². The number of halogens is 2. The van der Waals surface area contributed by atoms with E-state index in [9.17, 15) is 9.90 Å². The van der Waals surface area contributed by atoms with E-state index in [1.54, 1.807) is 12.1 Å². The number of aliphatic hydroxyl groups is 1. The fraction of sp³-hybridized carbons (Fsp3) is 0.387. The van der Waals surface area contributed by atoms with Gasteiger partial charge in [-0.15, -0.1) is 0 Å². The van der Waals surface area contributed by atoms with Crippen LogP contribution < -0.4 is 16.0 Å². The van der Waals surface area contributed by atoms with Crippen molar-refractivity contribution in [1.29, 1.82) is 0 Å². The van der Waals surface area contributed by atoms with Crippen LogP contribution in [-0.2, 0) is 4.79 Å². The molecular formula is C31H37Cl2N3O2. The normalized spacial score (nSPS) is 19.1. The summed E-state index contributed by atoms with van der Waals surface area (Å²) >= 11 is 12.4. The van der Waals surface area contributed by atoms with Crippen LogP contribution in [0.5, 0.6) is 0 Å². The molecule has 0 spiro atoms. The van der Waals surface area contributed by atoms with Crippen molar-refractivity contribution < 1.29 is 9.90 Å². The van der Waals surface area contributed by atoms with Crippen molar-refractivity contribution in [2.75, 3.05) is 13.1 Å². The summed E-state index contributed by atoms with van der Waals surface area (Å²) in [6.07, 6.45) is 3.47. The monoisotopic (exact) mass is 553 g/mol. The summed E-state index contributed by atoms with van der Waals surface area (Å²) in [6.45, 7) is 4.56. The number of aryl methyl sites for hydroxylation is 2. The smallest absolute Gasteiger partial charge is 0.234 e. The number of aliphatic hydroxyl groups excluding tert-OH is 1. The van der Waals surface area contributed by atoms with Crippen LogP contribution in [0.25, 0.3) is 0 Å². The summed E-state index contributed by atoms with van der Waals surface area (Å²) in [5.74, 6) is 0.491. The van der Waals surface area contributed by atoms with E-state index in [-0.39, 0.29) is 12.5 Å². The Balaban J connectivity index is 1.33. The number of hydrogen-bond acceptors (Lipinski definition) is 4. The lowest BCUT2D eigenvalue weighted by atomic mass is 9.82. The molecule has 1 aliphatic rings. The van der Waals surface area contributed by atoms with E-state index in [1.165, 1.54) is 5.56 Å². The third kappa shape index (κ3) is 8.05. The first-order chi connectivity index (χ1) is 18.3. The molecule has 0 aromatic heterocycles. The van der Waals surface area contributed by atoms with Crippen molar-refractivity contribution in [2.24, 2.45) is 0 Å². The Morgan fingerprint density at radius 1 is 0.895 bits per heavy atom. The average Bonchev–Trinajstić information content (AvgIpc) is 2.91. The van der Waals surface area contributed by atoms with Gasteiger partial charge in [0.25, 0.3) is 0 Å². The van der Waals surface area contributed by atoms with E-state index in [2.05, 4.69) is 52.3 Å². The molecule has 7 heteroatoms. The highest BCUT2D eigenvalue weighted by Gasteiger charge is 2.23. The van der Waals surface area contributed by atoms with Gasteiger partial charge in [-0.3, -0.25) is 10.1 Å². The maximum absolute atomic E-state index is 13.0. The Hall–Kier alpha value is -2.41. The first-order valence-corrected chi connectivity index (χ1v) is 14.1. The van der Waals surface area contributed by atoms with Gasteiger partial charge in [0.15, 0.2) is 0 Å². The Kier molecular flexibility index (Phi) is 10.2. The van der Waals surface area contributed by atoms with Gasteiger partial charge in [0, 0.05) is 12.6 Å². The molecule has 2 atom stereocenters. The number of benzene rings is 3. The van der Waals surface area contributed by atoms with Gasteiger partial charge in [0.2, 0.25) is 5.91 Å². The molecule has 1 aliphatic carbocycles. The molecule has 1 fully saturated rings. The van der Waals surface area contributed by atoms with Crippen molar-refractivity contribution in [3.8, 4) is 0 Å². The summed E-state index contributed by atoms with van der Waals surface area (Å²) in [4.78, 5) is 13.0. The fourth-order valence-electron chi connectivity index (χ4n) is 5.33. The van der Waals surface area contributed by atoms with Crippen LogP contribution >= 0.6 is 23.2 Å². The van der Waals surface area contributed by atoms with Gasteiger partial charge in [-0.25, -0.2) is 0 Å². The maximum atomic E-state index is 13.0. The van der Waals surface area contributed by atoms with Crippen LogP contribution in [0, 0.1) is 13.8 Å². The van der Waals surface area contributed by atoms with Crippen molar-refractivity contribution in [2.45, 2.75) is 63.8 Å². The highest BCUT2D eigenvalue weighted by molar-refractivity contribution is 6.42. The third-order valence-electron chi connectivity index (χ3n) is 7.31. The molecule has 4 N–H and O–H groups in total. The predicted octanol–water partition coefficient (Wildman–Crippen LogP) is 6.36. The SMILES string of the molecule is Cc1cc(C)cc(C(O)NCC(NC(=O)CNC2CCC(c3ccccc3)CC2)c2ccc(Cl)c(Cl)c2)c1.